The van der Waals surface area contributed by atoms with E-state index in [1.807, 2.05) is 61.5 Å². The Morgan fingerprint density at radius 2 is 1.90 bits per heavy atom. The minimum atomic E-state index is -0.607. The van der Waals surface area contributed by atoms with Crippen LogP contribution in [-0.2, 0) is 9.53 Å². The van der Waals surface area contributed by atoms with Crippen LogP contribution in [0.4, 0.5) is 5.69 Å². The number of nitrogens with zero attached hydrogens (tertiary/aromatic N) is 2. The molecule has 0 aliphatic heterocycles. The Morgan fingerprint density at radius 1 is 1.13 bits per heavy atom. The number of rotatable bonds is 8. The van der Waals surface area contributed by atoms with Gasteiger partial charge in [-0.25, -0.2) is 4.79 Å². The fourth-order valence-corrected chi connectivity index (χ4v) is 3.58. The predicted molar refractivity (Wildman–Crippen MR) is 116 cm³/mol. The second kappa shape index (κ2) is 9.98. The summed E-state index contributed by atoms with van der Waals surface area (Å²) in [5, 5.41) is 7.13. The van der Waals surface area contributed by atoms with Crippen molar-refractivity contribution in [3.05, 3.63) is 72.1 Å². The number of benzene rings is 2. The first kappa shape index (κ1) is 21.4. The number of ether oxygens (including phenoxy) is 2. The second-order valence-corrected chi connectivity index (χ2v) is 7.51. The molecular formula is C22H23N3O4S. The smallest absolute Gasteiger partial charge is 0.360 e. The van der Waals surface area contributed by atoms with Crippen molar-refractivity contribution in [1.82, 2.24) is 9.78 Å². The van der Waals surface area contributed by atoms with Crippen LogP contribution in [-0.4, -0.2) is 41.6 Å². The molecule has 7 nitrogen and oxygen atoms in total. The van der Waals surface area contributed by atoms with Gasteiger partial charge in [0.25, 0.3) is 0 Å². The summed E-state index contributed by atoms with van der Waals surface area (Å²) < 4.78 is 11.7. The third-order valence-corrected chi connectivity index (χ3v) is 5.47. The molecule has 0 fully saturated rings. The highest BCUT2D eigenvalue weighted by atomic mass is 32.2. The van der Waals surface area contributed by atoms with Crippen molar-refractivity contribution in [1.29, 1.82) is 0 Å². The minimum absolute atomic E-state index is 0.0695. The Kier molecular flexibility index (Phi) is 7.13. The van der Waals surface area contributed by atoms with Gasteiger partial charge in [0.1, 0.15) is 5.75 Å². The first-order chi connectivity index (χ1) is 14.5. The average Bonchev–Trinajstić information content (AvgIpc) is 3.21. The molecule has 0 spiro atoms. The number of amides is 1. The van der Waals surface area contributed by atoms with Gasteiger partial charge in [-0.15, -0.1) is 11.8 Å². The van der Waals surface area contributed by atoms with Crippen molar-refractivity contribution >= 4 is 29.3 Å². The van der Waals surface area contributed by atoms with Gasteiger partial charge in [-0.05, 0) is 30.7 Å². The number of aromatic nitrogens is 2. The lowest BCUT2D eigenvalue weighted by Gasteiger charge is -2.12. The molecule has 3 aromatic rings. The minimum Gasteiger partial charge on any atom is -0.497 e. The maximum Gasteiger partial charge on any atom is 0.360 e. The number of esters is 1. The second-order valence-electron chi connectivity index (χ2n) is 6.47. The van der Waals surface area contributed by atoms with E-state index in [0.29, 0.717) is 5.69 Å². The molecule has 8 heteroatoms. The molecule has 1 unspecified atom stereocenters. The van der Waals surface area contributed by atoms with Crippen LogP contribution in [0.1, 0.15) is 29.0 Å². The van der Waals surface area contributed by atoms with E-state index in [1.165, 1.54) is 18.9 Å². The fraction of sp³-hybridized carbons (Fsp3) is 0.227. The van der Waals surface area contributed by atoms with Crippen molar-refractivity contribution in [2.24, 2.45) is 0 Å². The van der Waals surface area contributed by atoms with Gasteiger partial charge >= 0.3 is 5.97 Å². The van der Waals surface area contributed by atoms with Gasteiger partial charge in [-0.1, -0.05) is 36.4 Å². The lowest BCUT2D eigenvalue weighted by molar-refractivity contribution is -0.113. The number of carbonyl (C=O) groups is 2. The fourth-order valence-electron chi connectivity index (χ4n) is 2.84. The molecule has 1 aromatic heterocycles. The highest BCUT2D eigenvalue weighted by Gasteiger charge is 2.21. The molecule has 0 saturated heterocycles. The maximum atomic E-state index is 12.5. The Labute approximate surface area is 179 Å². The standard InChI is InChI=1S/C22H23N3O4S/c1-15(16-8-5-4-6-9-16)25-13-19(21(24-25)22(27)29-3)23-20(26)14-30-18-11-7-10-17(12-18)28-2/h4-13,15H,14H2,1-3H3,(H,23,26). The summed E-state index contributed by atoms with van der Waals surface area (Å²) in [6.07, 6.45) is 1.65. The molecule has 1 atom stereocenters. The van der Waals surface area contributed by atoms with Crippen LogP contribution in [0.2, 0.25) is 0 Å². The van der Waals surface area contributed by atoms with E-state index in [-0.39, 0.29) is 23.4 Å². The number of thioether (sulfide) groups is 1. The SMILES string of the molecule is COC(=O)c1nn(C(C)c2ccccc2)cc1NC(=O)CSc1cccc(OC)c1. The molecule has 0 aliphatic carbocycles. The zero-order chi connectivity index (χ0) is 21.5. The van der Waals surface area contributed by atoms with E-state index in [1.54, 1.807) is 18.0 Å². The van der Waals surface area contributed by atoms with E-state index < -0.39 is 5.97 Å². The van der Waals surface area contributed by atoms with Gasteiger partial charge in [-0.2, -0.15) is 5.10 Å². The van der Waals surface area contributed by atoms with Crippen LogP contribution < -0.4 is 10.1 Å². The Hall–Kier alpha value is -3.26. The predicted octanol–water partition coefficient (Wildman–Crippen LogP) is 4.02. The molecule has 0 radical (unpaired) electrons. The number of carbonyl (C=O) groups excluding carboxylic acids is 2. The maximum absolute atomic E-state index is 12.5. The van der Waals surface area contributed by atoms with E-state index in [0.717, 1.165) is 16.2 Å². The van der Waals surface area contributed by atoms with Gasteiger partial charge in [-0.3, -0.25) is 9.48 Å². The number of methoxy groups -OCH3 is 2. The van der Waals surface area contributed by atoms with Crippen LogP contribution in [0.25, 0.3) is 0 Å². The van der Waals surface area contributed by atoms with Crippen molar-refractivity contribution < 1.29 is 19.1 Å². The summed E-state index contributed by atoms with van der Waals surface area (Å²) in [6, 6.07) is 17.1. The summed E-state index contributed by atoms with van der Waals surface area (Å²) in [7, 11) is 2.88. The van der Waals surface area contributed by atoms with Crippen LogP contribution in [0.5, 0.6) is 5.75 Å². The Morgan fingerprint density at radius 3 is 2.60 bits per heavy atom. The molecular weight excluding hydrogens is 402 g/mol. The highest BCUT2D eigenvalue weighted by molar-refractivity contribution is 8.00. The molecule has 1 amide bonds. The zero-order valence-electron chi connectivity index (χ0n) is 17.0. The molecule has 30 heavy (non-hydrogen) atoms. The topological polar surface area (TPSA) is 82.5 Å². The summed E-state index contributed by atoms with van der Waals surface area (Å²) >= 11 is 1.37. The lowest BCUT2D eigenvalue weighted by Crippen LogP contribution is -2.16. The molecule has 1 heterocycles. The highest BCUT2D eigenvalue weighted by Crippen LogP contribution is 2.25. The van der Waals surface area contributed by atoms with Crippen molar-refractivity contribution in [3.63, 3.8) is 0 Å². The summed E-state index contributed by atoms with van der Waals surface area (Å²) in [4.78, 5) is 25.6. The normalized spacial score (nSPS) is 11.6. The van der Waals surface area contributed by atoms with Gasteiger partial charge in [0.15, 0.2) is 5.69 Å². The van der Waals surface area contributed by atoms with Crippen LogP contribution in [0.15, 0.2) is 65.7 Å². The number of nitrogens with one attached hydrogen (secondary N) is 1. The first-order valence-electron chi connectivity index (χ1n) is 9.31. The Balaban J connectivity index is 1.74. The van der Waals surface area contributed by atoms with Crippen LogP contribution in [0.3, 0.4) is 0 Å². The number of anilines is 1. The largest absolute Gasteiger partial charge is 0.497 e. The third-order valence-electron chi connectivity index (χ3n) is 4.47. The molecule has 0 aliphatic rings. The molecule has 2 aromatic carbocycles. The third kappa shape index (κ3) is 5.21. The molecule has 1 N–H and O–H groups in total. The number of hydrogen-bond acceptors (Lipinski definition) is 6. The average molecular weight is 426 g/mol. The van der Waals surface area contributed by atoms with Crippen molar-refractivity contribution in [3.8, 4) is 5.75 Å². The zero-order valence-corrected chi connectivity index (χ0v) is 17.8. The molecule has 0 bridgehead atoms. The van der Waals surface area contributed by atoms with Gasteiger partial charge in [0.2, 0.25) is 5.91 Å². The molecule has 3 rings (SSSR count). The lowest BCUT2D eigenvalue weighted by atomic mass is 10.1. The summed E-state index contributed by atoms with van der Waals surface area (Å²) in [5.41, 5.74) is 1.42. The quantitative estimate of drug-likeness (QED) is 0.434. The van der Waals surface area contributed by atoms with E-state index in [4.69, 9.17) is 9.47 Å². The van der Waals surface area contributed by atoms with E-state index in [9.17, 15) is 9.59 Å². The van der Waals surface area contributed by atoms with Crippen molar-refractivity contribution in [2.45, 2.75) is 17.9 Å². The number of hydrogen-bond donors (Lipinski definition) is 1. The van der Waals surface area contributed by atoms with E-state index >= 15 is 0 Å². The molecule has 156 valence electrons. The monoisotopic (exact) mass is 425 g/mol. The van der Waals surface area contributed by atoms with Crippen molar-refractivity contribution in [2.75, 3.05) is 25.3 Å². The van der Waals surface area contributed by atoms with E-state index in [2.05, 4.69) is 10.4 Å². The van der Waals surface area contributed by atoms with Gasteiger partial charge in [0, 0.05) is 4.90 Å². The van der Waals surface area contributed by atoms with Crippen LogP contribution in [0, 0.1) is 0 Å². The Bertz CT molecular complexity index is 1020. The first-order valence-corrected chi connectivity index (χ1v) is 10.3. The summed E-state index contributed by atoms with van der Waals surface area (Å²) in [6.45, 7) is 1.97. The summed E-state index contributed by atoms with van der Waals surface area (Å²) in [5.74, 6) is 0.0434. The van der Waals surface area contributed by atoms with Crippen LogP contribution >= 0.6 is 11.8 Å². The van der Waals surface area contributed by atoms with Gasteiger partial charge < -0.3 is 14.8 Å². The molecule has 0 saturated carbocycles. The van der Waals surface area contributed by atoms with Gasteiger partial charge in [0.05, 0.1) is 37.9 Å².